The van der Waals surface area contributed by atoms with Crippen molar-refractivity contribution in [3.05, 3.63) is 93.1 Å². The highest BCUT2D eigenvalue weighted by Crippen LogP contribution is 2.43. The van der Waals surface area contributed by atoms with E-state index >= 15 is 0 Å². The number of nitrogens with zero attached hydrogens (tertiary/aromatic N) is 1. The van der Waals surface area contributed by atoms with Gasteiger partial charge in [0.25, 0.3) is 5.91 Å². The Morgan fingerprint density at radius 3 is 2.40 bits per heavy atom. The Morgan fingerprint density at radius 2 is 1.74 bits per heavy atom. The van der Waals surface area contributed by atoms with Crippen molar-refractivity contribution in [1.82, 2.24) is 4.98 Å². The molecule has 3 heterocycles. The Bertz CT molecular complexity index is 1540. The molecule has 0 saturated heterocycles. The SMILES string of the molecule is COc1ccc(-c2c(C(=O)Nc3ccccc3)c(C)nc3sc(C(=O)c4cccs4)c(N)c23)cc1. The number of nitrogens with one attached hydrogen (secondary N) is 1. The number of aromatic nitrogens is 1. The Kier molecular flexibility index (Phi) is 6.07. The largest absolute Gasteiger partial charge is 0.497 e. The van der Waals surface area contributed by atoms with Gasteiger partial charge in [0.1, 0.15) is 15.5 Å². The second-order valence-electron chi connectivity index (χ2n) is 7.83. The maximum atomic E-state index is 13.6. The van der Waals surface area contributed by atoms with Crippen LogP contribution in [0.4, 0.5) is 11.4 Å². The van der Waals surface area contributed by atoms with Crippen molar-refractivity contribution in [2.45, 2.75) is 6.92 Å². The van der Waals surface area contributed by atoms with Crippen LogP contribution in [-0.4, -0.2) is 23.8 Å². The summed E-state index contributed by atoms with van der Waals surface area (Å²) in [5.41, 5.74) is 9.99. The molecule has 0 unspecified atom stereocenters. The maximum absolute atomic E-state index is 13.6. The van der Waals surface area contributed by atoms with Gasteiger partial charge in [0.2, 0.25) is 5.78 Å². The van der Waals surface area contributed by atoms with Crippen LogP contribution >= 0.6 is 22.7 Å². The van der Waals surface area contributed by atoms with Crippen molar-refractivity contribution in [3.8, 4) is 16.9 Å². The number of amides is 1. The summed E-state index contributed by atoms with van der Waals surface area (Å²) in [6, 6.07) is 20.3. The first kappa shape index (κ1) is 22.8. The smallest absolute Gasteiger partial charge is 0.258 e. The van der Waals surface area contributed by atoms with Gasteiger partial charge in [-0.25, -0.2) is 4.98 Å². The molecule has 35 heavy (non-hydrogen) atoms. The number of carbonyl (C=O) groups excluding carboxylic acids is 2. The zero-order chi connectivity index (χ0) is 24.5. The van der Waals surface area contributed by atoms with Crippen molar-refractivity contribution in [2.24, 2.45) is 0 Å². The molecular weight excluding hydrogens is 478 g/mol. The van der Waals surface area contributed by atoms with Crippen LogP contribution in [0.5, 0.6) is 5.75 Å². The molecule has 0 saturated carbocycles. The Labute approximate surface area is 210 Å². The lowest BCUT2D eigenvalue weighted by Crippen LogP contribution is -2.16. The highest BCUT2D eigenvalue weighted by molar-refractivity contribution is 7.22. The number of aryl methyl sites for hydroxylation is 1. The number of pyridine rings is 1. The van der Waals surface area contributed by atoms with Crippen molar-refractivity contribution in [1.29, 1.82) is 0 Å². The molecule has 0 atom stereocenters. The third-order valence-electron chi connectivity index (χ3n) is 5.65. The van der Waals surface area contributed by atoms with Crippen LogP contribution in [0.3, 0.4) is 0 Å². The number of ketones is 1. The monoisotopic (exact) mass is 499 g/mol. The number of thiophene rings is 2. The van der Waals surface area contributed by atoms with Gasteiger partial charge in [-0.2, -0.15) is 0 Å². The molecule has 0 radical (unpaired) electrons. The van der Waals surface area contributed by atoms with Gasteiger partial charge in [-0.05, 0) is 48.2 Å². The molecule has 5 aromatic rings. The third kappa shape index (κ3) is 4.18. The van der Waals surface area contributed by atoms with E-state index in [1.165, 1.54) is 22.7 Å². The normalized spacial score (nSPS) is 10.9. The van der Waals surface area contributed by atoms with Gasteiger partial charge in [-0.1, -0.05) is 36.4 Å². The number of para-hydroxylation sites is 1. The quantitative estimate of drug-likeness (QED) is 0.263. The minimum absolute atomic E-state index is 0.144. The summed E-state index contributed by atoms with van der Waals surface area (Å²) in [5, 5.41) is 5.42. The van der Waals surface area contributed by atoms with Crippen LogP contribution in [-0.2, 0) is 0 Å². The number of hydrogen-bond donors (Lipinski definition) is 2. The lowest BCUT2D eigenvalue weighted by Gasteiger charge is -2.15. The second-order valence-corrected chi connectivity index (χ2v) is 9.77. The molecule has 5 rings (SSSR count). The molecule has 0 bridgehead atoms. The number of anilines is 2. The van der Waals surface area contributed by atoms with E-state index in [9.17, 15) is 9.59 Å². The predicted molar refractivity (Wildman–Crippen MR) is 143 cm³/mol. The number of nitrogen functional groups attached to an aromatic ring is 1. The first-order valence-electron chi connectivity index (χ1n) is 10.8. The molecule has 8 heteroatoms. The molecule has 6 nitrogen and oxygen atoms in total. The Hall–Kier alpha value is -4.01. The van der Waals surface area contributed by atoms with Gasteiger partial charge in [-0.3, -0.25) is 9.59 Å². The van der Waals surface area contributed by atoms with Gasteiger partial charge < -0.3 is 15.8 Å². The van der Waals surface area contributed by atoms with E-state index in [-0.39, 0.29) is 11.7 Å². The van der Waals surface area contributed by atoms with Gasteiger partial charge in [0, 0.05) is 16.6 Å². The van der Waals surface area contributed by atoms with Gasteiger partial charge >= 0.3 is 0 Å². The molecule has 3 aromatic heterocycles. The lowest BCUT2D eigenvalue weighted by atomic mass is 9.94. The van der Waals surface area contributed by atoms with Gasteiger partial charge in [-0.15, -0.1) is 22.7 Å². The summed E-state index contributed by atoms with van der Waals surface area (Å²) in [6.45, 7) is 1.79. The maximum Gasteiger partial charge on any atom is 0.258 e. The molecule has 174 valence electrons. The fourth-order valence-electron chi connectivity index (χ4n) is 3.99. The van der Waals surface area contributed by atoms with E-state index in [2.05, 4.69) is 5.32 Å². The number of methoxy groups -OCH3 is 1. The number of ether oxygens (including phenoxy) is 1. The molecule has 0 aliphatic carbocycles. The fraction of sp³-hybridized carbons (Fsp3) is 0.0741. The predicted octanol–water partition coefficient (Wildman–Crippen LogP) is 6.41. The summed E-state index contributed by atoms with van der Waals surface area (Å²) in [7, 11) is 1.60. The highest BCUT2D eigenvalue weighted by Gasteiger charge is 2.27. The molecule has 0 spiro atoms. The summed E-state index contributed by atoms with van der Waals surface area (Å²) < 4.78 is 5.32. The molecule has 1 amide bonds. The van der Waals surface area contributed by atoms with E-state index in [0.29, 0.717) is 53.9 Å². The van der Waals surface area contributed by atoms with Gasteiger partial charge in [0.05, 0.1) is 28.9 Å². The third-order valence-corrected chi connectivity index (χ3v) is 7.61. The van der Waals surface area contributed by atoms with Crippen LogP contribution in [0.1, 0.15) is 30.6 Å². The minimum atomic E-state index is -0.300. The molecular formula is C27H21N3O3S2. The first-order valence-corrected chi connectivity index (χ1v) is 12.5. The van der Waals surface area contributed by atoms with Crippen molar-refractivity contribution >= 4 is 56.0 Å². The fourth-order valence-corrected chi connectivity index (χ4v) is 5.83. The molecule has 0 aliphatic heterocycles. The van der Waals surface area contributed by atoms with Gasteiger partial charge in [0.15, 0.2) is 0 Å². The summed E-state index contributed by atoms with van der Waals surface area (Å²) in [4.78, 5) is 33.1. The number of nitrogens with two attached hydrogens (primary N) is 1. The molecule has 0 aliphatic rings. The first-order chi connectivity index (χ1) is 17.0. The van der Waals surface area contributed by atoms with Crippen molar-refractivity contribution < 1.29 is 14.3 Å². The molecule has 3 N–H and O–H groups in total. The zero-order valence-electron chi connectivity index (χ0n) is 19.0. The lowest BCUT2D eigenvalue weighted by molar-refractivity contribution is 0.102. The molecule has 0 fully saturated rings. The summed E-state index contributed by atoms with van der Waals surface area (Å²) >= 11 is 2.61. The number of carbonyl (C=O) groups is 2. The van der Waals surface area contributed by atoms with E-state index in [1.54, 1.807) is 20.1 Å². The van der Waals surface area contributed by atoms with Crippen molar-refractivity contribution in [3.63, 3.8) is 0 Å². The van der Waals surface area contributed by atoms with E-state index in [1.807, 2.05) is 66.0 Å². The summed E-state index contributed by atoms with van der Waals surface area (Å²) in [6.07, 6.45) is 0. The van der Waals surface area contributed by atoms with E-state index < -0.39 is 0 Å². The number of rotatable bonds is 6. The molecule has 2 aromatic carbocycles. The number of benzene rings is 2. The number of fused-ring (bicyclic) bond motifs is 1. The van der Waals surface area contributed by atoms with Crippen LogP contribution in [0.25, 0.3) is 21.3 Å². The average molecular weight is 500 g/mol. The average Bonchev–Trinajstić information content (AvgIpc) is 3.52. The van der Waals surface area contributed by atoms with E-state index in [0.717, 1.165) is 5.56 Å². The van der Waals surface area contributed by atoms with E-state index in [4.69, 9.17) is 15.5 Å². The second kappa shape index (κ2) is 9.32. The standard InChI is InChI=1S/C27H21N3O3S2/c1-15-20(26(32)30-17-7-4-3-5-8-17)21(16-10-12-18(33-2)13-11-16)22-23(28)25(35-27(22)29-15)24(31)19-9-6-14-34-19/h3-14H,28H2,1-2H3,(H,30,32). The minimum Gasteiger partial charge on any atom is -0.497 e. The Morgan fingerprint density at radius 1 is 1.00 bits per heavy atom. The topological polar surface area (TPSA) is 94.3 Å². The Balaban J connectivity index is 1.75. The number of hydrogen-bond acceptors (Lipinski definition) is 7. The van der Waals surface area contributed by atoms with Crippen LogP contribution in [0, 0.1) is 6.92 Å². The van der Waals surface area contributed by atoms with Crippen LogP contribution in [0.2, 0.25) is 0 Å². The van der Waals surface area contributed by atoms with Crippen LogP contribution in [0.15, 0.2) is 72.1 Å². The van der Waals surface area contributed by atoms with Crippen LogP contribution < -0.4 is 15.8 Å². The zero-order valence-corrected chi connectivity index (χ0v) is 20.6. The summed E-state index contributed by atoms with van der Waals surface area (Å²) in [5.74, 6) is 0.248. The highest BCUT2D eigenvalue weighted by atomic mass is 32.1. The van der Waals surface area contributed by atoms with Crippen molar-refractivity contribution in [2.75, 3.05) is 18.2 Å².